The first-order valence-corrected chi connectivity index (χ1v) is 6.83. The highest BCUT2D eigenvalue weighted by Gasteiger charge is 2.12. The maximum Gasteiger partial charge on any atom is 0.387 e. The van der Waals surface area contributed by atoms with Crippen molar-refractivity contribution in [2.24, 2.45) is 0 Å². The van der Waals surface area contributed by atoms with Crippen molar-refractivity contribution in [1.29, 1.82) is 0 Å². The summed E-state index contributed by atoms with van der Waals surface area (Å²) in [6.07, 6.45) is 0. The summed E-state index contributed by atoms with van der Waals surface area (Å²) in [6, 6.07) is 7.61. The van der Waals surface area contributed by atoms with E-state index in [9.17, 15) is 13.6 Å². The first-order valence-electron chi connectivity index (χ1n) is 5.15. The lowest BCUT2D eigenvalue weighted by atomic mass is 10.3. The van der Waals surface area contributed by atoms with Crippen LogP contribution in [0.4, 0.5) is 14.5 Å². The van der Waals surface area contributed by atoms with E-state index in [1.54, 1.807) is 17.5 Å². The molecule has 0 spiro atoms. The highest BCUT2D eigenvalue weighted by Crippen LogP contribution is 2.25. The number of anilines is 1. The fourth-order valence-electron chi connectivity index (χ4n) is 1.39. The summed E-state index contributed by atoms with van der Waals surface area (Å²) in [5.41, 5.74) is 0.392. The third-order valence-electron chi connectivity index (χ3n) is 2.14. The summed E-state index contributed by atoms with van der Waals surface area (Å²) in [4.78, 5) is 12.4. The number of nitrogens with one attached hydrogen (secondary N) is 1. The van der Waals surface area contributed by atoms with Crippen molar-refractivity contribution in [3.63, 3.8) is 0 Å². The summed E-state index contributed by atoms with van der Waals surface area (Å²) in [5.74, 6) is -0.311. The van der Waals surface area contributed by atoms with Crippen molar-refractivity contribution < 1.29 is 18.3 Å². The van der Waals surface area contributed by atoms with Crippen LogP contribution in [0.25, 0.3) is 0 Å². The molecule has 2 aromatic rings. The van der Waals surface area contributed by atoms with E-state index in [2.05, 4.69) is 26.0 Å². The normalized spacial score (nSPS) is 10.5. The summed E-state index contributed by atoms with van der Waals surface area (Å²) in [5, 5.41) is 4.39. The molecule has 1 N–H and O–H groups in total. The molecule has 7 heteroatoms. The van der Waals surface area contributed by atoms with Crippen LogP contribution in [0.15, 0.2) is 40.2 Å². The smallest absolute Gasteiger partial charge is 0.387 e. The molecule has 0 bridgehead atoms. The van der Waals surface area contributed by atoms with Crippen LogP contribution in [-0.4, -0.2) is 12.5 Å². The Bertz CT molecular complexity index is 589. The van der Waals surface area contributed by atoms with Gasteiger partial charge in [-0.2, -0.15) is 8.78 Å². The summed E-state index contributed by atoms with van der Waals surface area (Å²) in [7, 11) is 0. The number of halogens is 3. The van der Waals surface area contributed by atoms with Gasteiger partial charge in [-0.25, -0.2) is 0 Å². The lowest BCUT2D eigenvalue weighted by Crippen LogP contribution is -2.11. The number of alkyl halides is 2. The molecular weight excluding hydrogens is 340 g/mol. The lowest BCUT2D eigenvalue weighted by molar-refractivity contribution is -0.0497. The summed E-state index contributed by atoms with van der Waals surface area (Å²) < 4.78 is 29.1. The molecule has 0 fully saturated rings. The molecule has 0 aliphatic heterocycles. The standard InChI is InChI=1S/C12H8BrF2NO2S/c13-9-4-5-19-10(9)11(17)16-7-2-1-3-8(6-7)18-12(14)15/h1-6,12H,(H,16,17). The second-order valence-electron chi connectivity index (χ2n) is 3.46. The number of rotatable bonds is 4. The van der Waals surface area contributed by atoms with Gasteiger partial charge in [0.25, 0.3) is 5.91 Å². The van der Waals surface area contributed by atoms with Crippen molar-refractivity contribution >= 4 is 38.9 Å². The van der Waals surface area contributed by atoms with Crippen molar-refractivity contribution in [1.82, 2.24) is 0 Å². The Morgan fingerprint density at radius 3 is 2.79 bits per heavy atom. The zero-order valence-electron chi connectivity index (χ0n) is 9.40. The molecule has 0 unspecified atom stereocenters. The molecule has 0 atom stereocenters. The van der Waals surface area contributed by atoms with E-state index in [1.807, 2.05) is 0 Å². The number of hydrogen-bond donors (Lipinski definition) is 1. The molecule has 3 nitrogen and oxygen atoms in total. The van der Waals surface area contributed by atoms with Crippen molar-refractivity contribution in [2.45, 2.75) is 6.61 Å². The minimum Gasteiger partial charge on any atom is -0.435 e. The van der Waals surface area contributed by atoms with Crippen LogP contribution in [0, 0.1) is 0 Å². The van der Waals surface area contributed by atoms with Crippen molar-refractivity contribution in [3.8, 4) is 5.75 Å². The van der Waals surface area contributed by atoms with Gasteiger partial charge in [0.15, 0.2) is 0 Å². The van der Waals surface area contributed by atoms with Crippen LogP contribution < -0.4 is 10.1 Å². The second kappa shape index (κ2) is 6.12. The van der Waals surface area contributed by atoms with Crippen molar-refractivity contribution in [2.75, 3.05) is 5.32 Å². The van der Waals surface area contributed by atoms with Crippen LogP contribution >= 0.6 is 27.3 Å². The van der Waals surface area contributed by atoms with Gasteiger partial charge in [0, 0.05) is 16.2 Å². The maximum atomic E-state index is 12.1. The minimum absolute atomic E-state index is 0.00181. The quantitative estimate of drug-likeness (QED) is 0.891. The molecule has 0 saturated carbocycles. The third-order valence-corrected chi connectivity index (χ3v) is 3.98. The number of hydrogen-bond acceptors (Lipinski definition) is 3. The van der Waals surface area contributed by atoms with Gasteiger partial charge in [0.2, 0.25) is 0 Å². The molecular formula is C12H8BrF2NO2S. The Balaban J connectivity index is 2.11. The van der Waals surface area contributed by atoms with Gasteiger partial charge in [-0.15, -0.1) is 11.3 Å². The molecule has 0 radical (unpaired) electrons. The van der Waals surface area contributed by atoms with E-state index < -0.39 is 6.61 Å². The Morgan fingerprint density at radius 2 is 2.16 bits per heavy atom. The lowest BCUT2D eigenvalue weighted by Gasteiger charge is -2.07. The Kier molecular flexibility index (Phi) is 4.49. The summed E-state index contributed by atoms with van der Waals surface area (Å²) in [6.45, 7) is -2.89. The van der Waals surface area contributed by atoms with Gasteiger partial charge in [0.1, 0.15) is 10.6 Å². The first kappa shape index (κ1) is 14.0. The van der Waals surface area contributed by atoms with Crippen LogP contribution in [0.1, 0.15) is 9.67 Å². The van der Waals surface area contributed by atoms with Gasteiger partial charge < -0.3 is 10.1 Å². The fraction of sp³-hybridized carbons (Fsp3) is 0.0833. The van der Waals surface area contributed by atoms with Gasteiger partial charge in [-0.3, -0.25) is 4.79 Å². The predicted molar refractivity (Wildman–Crippen MR) is 73.0 cm³/mol. The van der Waals surface area contributed by atoms with E-state index in [1.165, 1.54) is 29.5 Å². The monoisotopic (exact) mass is 347 g/mol. The van der Waals surface area contributed by atoms with Gasteiger partial charge in [-0.1, -0.05) is 6.07 Å². The van der Waals surface area contributed by atoms with Crippen LogP contribution in [0.3, 0.4) is 0 Å². The second-order valence-corrected chi connectivity index (χ2v) is 5.23. The van der Waals surface area contributed by atoms with Gasteiger partial charge in [0.05, 0.1) is 0 Å². The molecule has 100 valence electrons. The molecule has 2 rings (SSSR count). The predicted octanol–water partition coefficient (Wildman–Crippen LogP) is 4.36. The van der Waals surface area contributed by atoms with Crippen LogP contribution in [0.5, 0.6) is 5.75 Å². The molecule has 0 aliphatic carbocycles. The van der Waals surface area contributed by atoms with Crippen LogP contribution in [-0.2, 0) is 0 Å². The topological polar surface area (TPSA) is 38.3 Å². The Hall–Kier alpha value is -1.47. The fourth-order valence-corrected chi connectivity index (χ4v) is 2.84. The largest absolute Gasteiger partial charge is 0.435 e. The Morgan fingerprint density at radius 1 is 1.37 bits per heavy atom. The number of benzene rings is 1. The average Bonchev–Trinajstić information content (AvgIpc) is 2.75. The number of ether oxygens (including phenoxy) is 1. The number of carbonyl (C=O) groups excluding carboxylic acids is 1. The van der Waals surface area contributed by atoms with E-state index in [0.29, 0.717) is 15.0 Å². The molecule has 19 heavy (non-hydrogen) atoms. The van der Waals surface area contributed by atoms with E-state index >= 15 is 0 Å². The molecule has 1 aromatic carbocycles. The third kappa shape index (κ3) is 3.74. The minimum atomic E-state index is -2.89. The van der Waals surface area contributed by atoms with Gasteiger partial charge in [-0.05, 0) is 39.5 Å². The van der Waals surface area contributed by atoms with E-state index in [-0.39, 0.29) is 11.7 Å². The molecule has 1 amide bonds. The van der Waals surface area contributed by atoms with Crippen LogP contribution in [0.2, 0.25) is 0 Å². The van der Waals surface area contributed by atoms with E-state index in [0.717, 1.165) is 0 Å². The van der Waals surface area contributed by atoms with E-state index in [4.69, 9.17) is 0 Å². The maximum absolute atomic E-state index is 12.1. The van der Waals surface area contributed by atoms with Gasteiger partial charge >= 0.3 is 6.61 Å². The number of amides is 1. The highest BCUT2D eigenvalue weighted by molar-refractivity contribution is 9.10. The highest BCUT2D eigenvalue weighted by atomic mass is 79.9. The van der Waals surface area contributed by atoms with Crippen molar-refractivity contribution in [3.05, 3.63) is 45.1 Å². The molecule has 0 saturated heterocycles. The number of carbonyl (C=O) groups is 1. The average molecular weight is 348 g/mol. The zero-order valence-corrected chi connectivity index (χ0v) is 11.8. The first-order chi connectivity index (χ1) is 9.06. The number of thiophene rings is 1. The zero-order chi connectivity index (χ0) is 13.8. The molecule has 1 aromatic heterocycles. The molecule has 0 aliphatic rings. The Labute approximate surface area is 120 Å². The molecule has 1 heterocycles. The summed E-state index contributed by atoms with van der Waals surface area (Å²) >= 11 is 4.53. The SMILES string of the molecule is O=C(Nc1cccc(OC(F)F)c1)c1sccc1Br.